The van der Waals surface area contributed by atoms with Crippen LogP contribution in [0.2, 0.25) is 0 Å². The molecule has 9 nitrogen and oxygen atoms in total. The maximum atomic E-state index is 12.4. The van der Waals surface area contributed by atoms with Crippen molar-refractivity contribution in [2.24, 2.45) is 5.73 Å². The minimum absolute atomic E-state index is 0.0512. The smallest absolute Gasteiger partial charge is 0.325 e. The number of rotatable bonds is 13. The van der Waals surface area contributed by atoms with Crippen molar-refractivity contribution in [1.29, 1.82) is 0 Å². The minimum Gasteiger partial charge on any atom is -0.480 e. The van der Waals surface area contributed by atoms with Gasteiger partial charge >= 0.3 is 11.9 Å². The summed E-state index contributed by atoms with van der Waals surface area (Å²) in [5.41, 5.74) is 6.45. The molecule has 1 aromatic carbocycles. The predicted octanol–water partition coefficient (Wildman–Crippen LogP) is 1.04. The second-order valence-corrected chi connectivity index (χ2v) is 8.21. The lowest BCUT2D eigenvalue weighted by atomic mass is 10.1. The molecule has 2 unspecified atom stereocenters. The molecule has 2 amide bonds. The van der Waals surface area contributed by atoms with E-state index in [4.69, 9.17) is 15.6 Å². The molecule has 0 spiro atoms. The molecule has 0 aliphatic carbocycles. The highest BCUT2D eigenvalue weighted by Crippen LogP contribution is 2.16. The number of carboxylic acids is 1. The number of nitrogens with two attached hydrogens (primary N) is 1. The van der Waals surface area contributed by atoms with Crippen molar-refractivity contribution in [1.82, 2.24) is 10.6 Å². The van der Waals surface area contributed by atoms with Gasteiger partial charge in [0.25, 0.3) is 0 Å². The van der Waals surface area contributed by atoms with Crippen molar-refractivity contribution >= 4 is 51.4 Å². The summed E-state index contributed by atoms with van der Waals surface area (Å²) in [4.78, 5) is 46.8. The molecule has 0 radical (unpaired) electrons. The summed E-state index contributed by atoms with van der Waals surface area (Å²) in [7, 11) is 0. The van der Waals surface area contributed by atoms with Gasteiger partial charge in [-0.1, -0.05) is 28.1 Å². The average Bonchev–Trinajstić information content (AvgIpc) is 2.71. The van der Waals surface area contributed by atoms with Gasteiger partial charge in [0.05, 0.1) is 6.61 Å². The Morgan fingerprint density at radius 2 is 1.90 bits per heavy atom. The van der Waals surface area contributed by atoms with Gasteiger partial charge in [0.15, 0.2) is 0 Å². The SMILES string of the molecule is CCOC(=O)CNC(=O)C(CSCc1ccc(Br)cc1)NC(=O)CCC(N)C(=O)O. The molecule has 0 aliphatic rings. The second-order valence-electron chi connectivity index (χ2n) is 6.27. The highest BCUT2D eigenvalue weighted by molar-refractivity contribution is 9.10. The quantitative estimate of drug-likeness (QED) is 0.291. The van der Waals surface area contributed by atoms with Crippen LogP contribution in [0, 0.1) is 0 Å². The summed E-state index contributed by atoms with van der Waals surface area (Å²) in [6.45, 7) is 1.55. The Hall–Kier alpha value is -2.11. The molecule has 0 aromatic heterocycles. The molecule has 0 bridgehead atoms. The Balaban J connectivity index is 2.63. The van der Waals surface area contributed by atoms with Crippen LogP contribution in [0.5, 0.6) is 0 Å². The van der Waals surface area contributed by atoms with Gasteiger partial charge in [0, 0.05) is 22.4 Å². The number of benzene rings is 1. The van der Waals surface area contributed by atoms with Crippen molar-refractivity contribution in [3.63, 3.8) is 0 Å². The van der Waals surface area contributed by atoms with Crippen LogP contribution in [0.3, 0.4) is 0 Å². The largest absolute Gasteiger partial charge is 0.480 e. The fourth-order valence-corrected chi connectivity index (χ4v) is 3.51. The summed E-state index contributed by atoms with van der Waals surface area (Å²) in [5.74, 6) is -1.91. The number of nitrogens with one attached hydrogen (secondary N) is 2. The Morgan fingerprint density at radius 3 is 2.50 bits per heavy atom. The van der Waals surface area contributed by atoms with Gasteiger partial charge in [-0.3, -0.25) is 19.2 Å². The number of esters is 1. The number of carboxylic acid groups (broad SMARTS) is 1. The number of halogens is 1. The molecule has 5 N–H and O–H groups in total. The second kappa shape index (κ2) is 14.0. The number of ether oxygens (including phenoxy) is 1. The molecular formula is C19H26BrN3O6S. The number of aliphatic carboxylic acids is 1. The van der Waals surface area contributed by atoms with Crippen molar-refractivity contribution in [3.8, 4) is 0 Å². The lowest BCUT2D eigenvalue weighted by molar-refractivity contribution is -0.143. The van der Waals surface area contributed by atoms with Crippen molar-refractivity contribution < 1.29 is 29.0 Å². The predicted molar refractivity (Wildman–Crippen MR) is 117 cm³/mol. The highest BCUT2D eigenvalue weighted by Gasteiger charge is 2.22. The fraction of sp³-hybridized carbons (Fsp3) is 0.474. The highest BCUT2D eigenvalue weighted by atomic mass is 79.9. The van der Waals surface area contributed by atoms with E-state index < -0.39 is 35.8 Å². The van der Waals surface area contributed by atoms with Gasteiger partial charge in [0.1, 0.15) is 18.6 Å². The summed E-state index contributed by atoms with van der Waals surface area (Å²) < 4.78 is 5.73. The van der Waals surface area contributed by atoms with Crippen molar-refractivity contribution in [2.45, 2.75) is 37.6 Å². The zero-order chi connectivity index (χ0) is 22.5. The van der Waals surface area contributed by atoms with E-state index in [0.29, 0.717) is 5.75 Å². The van der Waals surface area contributed by atoms with Gasteiger partial charge in [-0.15, -0.1) is 0 Å². The number of carbonyl (C=O) groups is 4. The fourth-order valence-electron chi connectivity index (χ4n) is 2.23. The van der Waals surface area contributed by atoms with Gasteiger partial charge in [-0.05, 0) is 31.0 Å². The summed E-state index contributed by atoms with van der Waals surface area (Å²) in [5, 5.41) is 13.8. The Morgan fingerprint density at radius 1 is 1.23 bits per heavy atom. The molecule has 0 fully saturated rings. The first-order valence-corrected chi connectivity index (χ1v) is 11.2. The number of hydrogen-bond acceptors (Lipinski definition) is 7. The summed E-state index contributed by atoms with van der Waals surface area (Å²) in [6, 6.07) is 5.66. The minimum atomic E-state index is -1.20. The third-order valence-electron chi connectivity index (χ3n) is 3.83. The van der Waals surface area contributed by atoms with Crippen LogP contribution in [-0.4, -0.2) is 59.8 Å². The Bertz CT molecular complexity index is 731. The van der Waals surface area contributed by atoms with E-state index in [1.165, 1.54) is 11.8 Å². The topological polar surface area (TPSA) is 148 Å². The average molecular weight is 504 g/mol. The van der Waals surface area contributed by atoms with Gasteiger partial charge in [-0.25, -0.2) is 0 Å². The number of amides is 2. The molecule has 2 atom stereocenters. The standard InChI is InChI=1S/C19H26BrN3O6S/c1-2-29-17(25)9-22-18(26)15(23-16(24)8-7-14(21)19(27)28)11-30-10-12-3-5-13(20)6-4-12/h3-6,14-15H,2,7-11,21H2,1H3,(H,22,26)(H,23,24)(H,27,28). The molecule has 0 heterocycles. The van der Waals surface area contributed by atoms with Gasteiger partial charge in [0.2, 0.25) is 11.8 Å². The first-order valence-electron chi connectivity index (χ1n) is 9.26. The van der Waals surface area contributed by atoms with Crippen LogP contribution in [0.1, 0.15) is 25.3 Å². The molecule has 0 aliphatic heterocycles. The number of hydrogen-bond donors (Lipinski definition) is 4. The molecule has 0 saturated heterocycles. The molecule has 166 valence electrons. The Labute approximate surface area is 187 Å². The van der Waals surface area contributed by atoms with Crippen LogP contribution >= 0.6 is 27.7 Å². The maximum Gasteiger partial charge on any atom is 0.325 e. The normalized spacial score (nSPS) is 12.5. The van der Waals surface area contributed by atoms with Crippen LogP contribution in [-0.2, 0) is 29.7 Å². The number of carbonyl (C=O) groups excluding carboxylic acids is 3. The molecule has 0 saturated carbocycles. The third-order valence-corrected chi connectivity index (χ3v) is 5.47. The lowest BCUT2D eigenvalue weighted by Gasteiger charge is -2.18. The van der Waals surface area contributed by atoms with Crippen LogP contribution in [0.15, 0.2) is 28.7 Å². The summed E-state index contributed by atoms with van der Waals surface area (Å²) >= 11 is 4.80. The summed E-state index contributed by atoms with van der Waals surface area (Å²) in [6.07, 6.45) is -0.184. The van der Waals surface area contributed by atoms with Crippen LogP contribution in [0.4, 0.5) is 0 Å². The van der Waals surface area contributed by atoms with E-state index >= 15 is 0 Å². The van der Waals surface area contributed by atoms with E-state index in [0.717, 1.165) is 10.0 Å². The van der Waals surface area contributed by atoms with Gasteiger partial charge in [-0.2, -0.15) is 11.8 Å². The molecular weight excluding hydrogens is 478 g/mol. The van der Waals surface area contributed by atoms with E-state index in [9.17, 15) is 19.2 Å². The molecule has 30 heavy (non-hydrogen) atoms. The number of thioether (sulfide) groups is 1. The first kappa shape index (κ1) is 25.9. The van der Waals surface area contributed by atoms with E-state index in [1.54, 1.807) is 6.92 Å². The van der Waals surface area contributed by atoms with E-state index in [2.05, 4.69) is 26.6 Å². The van der Waals surface area contributed by atoms with Crippen molar-refractivity contribution in [2.75, 3.05) is 18.9 Å². The zero-order valence-electron chi connectivity index (χ0n) is 16.6. The van der Waals surface area contributed by atoms with Crippen molar-refractivity contribution in [3.05, 3.63) is 34.3 Å². The molecule has 11 heteroatoms. The van der Waals surface area contributed by atoms with Gasteiger partial charge < -0.3 is 26.2 Å². The van der Waals surface area contributed by atoms with E-state index in [1.807, 2.05) is 24.3 Å². The monoisotopic (exact) mass is 503 g/mol. The van der Waals surface area contributed by atoms with E-state index in [-0.39, 0.29) is 31.7 Å². The third kappa shape index (κ3) is 10.6. The van der Waals surface area contributed by atoms with Crippen LogP contribution in [0.25, 0.3) is 0 Å². The zero-order valence-corrected chi connectivity index (χ0v) is 19.0. The first-order chi connectivity index (χ1) is 14.2. The lowest BCUT2D eigenvalue weighted by Crippen LogP contribution is -2.49. The molecule has 1 aromatic rings. The Kier molecular flexibility index (Phi) is 12.1. The maximum absolute atomic E-state index is 12.4. The van der Waals surface area contributed by atoms with Crippen LogP contribution < -0.4 is 16.4 Å². The molecule has 1 rings (SSSR count).